The molecular formula is C15H22N2OS. The number of nitrogens with one attached hydrogen (secondary N) is 1. The van der Waals surface area contributed by atoms with Gasteiger partial charge in [-0.2, -0.15) is 11.8 Å². The van der Waals surface area contributed by atoms with Crippen LogP contribution in [0.15, 0.2) is 30.3 Å². The van der Waals surface area contributed by atoms with Crippen molar-refractivity contribution >= 4 is 17.7 Å². The van der Waals surface area contributed by atoms with E-state index in [0.29, 0.717) is 6.04 Å². The van der Waals surface area contributed by atoms with Gasteiger partial charge in [0.15, 0.2) is 0 Å². The highest BCUT2D eigenvalue weighted by molar-refractivity contribution is 7.99. The maximum absolute atomic E-state index is 12.1. The third-order valence-corrected chi connectivity index (χ3v) is 4.93. The second-order valence-electron chi connectivity index (χ2n) is 5.11. The van der Waals surface area contributed by atoms with E-state index in [1.807, 2.05) is 42.1 Å². The van der Waals surface area contributed by atoms with Crippen LogP contribution in [0.25, 0.3) is 0 Å². The van der Waals surface area contributed by atoms with Crippen molar-refractivity contribution in [2.75, 3.05) is 6.26 Å². The Morgan fingerprint density at radius 1 is 1.26 bits per heavy atom. The Morgan fingerprint density at radius 2 is 1.89 bits per heavy atom. The lowest BCUT2D eigenvalue weighted by Gasteiger charge is -2.28. The molecule has 0 heterocycles. The molecule has 1 aliphatic carbocycles. The molecule has 0 spiro atoms. The van der Waals surface area contributed by atoms with E-state index in [-0.39, 0.29) is 5.91 Å². The average molecular weight is 278 g/mol. The molecule has 2 rings (SSSR count). The molecule has 1 aliphatic rings. The molecule has 0 aromatic heterocycles. The van der Waals surface area contributed by atoms with Crippen molar-refractivity contribution in [1.82, 2.24) is 5.32 Å². The Bertz CT molecular complexity index is 402. The molecule has 0 bridgehead atoms. The second kappa shape index (κ2) is 6.96. The second-order valence-corrected chi connectivity index (χ2v) is 6.24. The zero-order chi connectivity index (χ0) is 13.7. The Kier molecular flexibility index (Phi) is 5.28. The zero-order valence-corrected chi connectivity index (χ0v) is 12.2. The van der Waals surface area contributed by atoms with Crippen molar-refractivity contribution in [1.29, 1.82) is 0 Å². The normalized spacial score (nSPS) is 24.7. The van der Waals surface area contributed by atoms with Crippen molar-refractivity contribution in [3.8, 4) is 0 Å². The SMILES string of the molecule is CSC1CCC(NC(=O)[C@@H](N)c2ccccc2)CC1. The van der Waals surface area contributed by atoms with E-state index in [4.69, 9.17) is 5.73 Å². The third kappa shape index (κ3) is 3.98. The lowest BCUT2D eigenvalue weighted by Crippen LogP contribution is -2.42. The largest absolute Gasteiger partial charge is 0.352 e. The fraction of sp³-hybridized carbons (Fsp3) is 0.533. The molecule has 3 N–H and O–H groups in total. The molecule has 0 aliphatic heterocycles. The number of amides is 1. The van der Waals surface area contributed by atoms with Gasteiger partial charge in [-0.1, -0.05) is 30.3 Å². The molecule has 0 saturated heterocycles. The Labute approximate surface area is 119 Å². The fourth-order valence-corrected chi connectivity index (χ4v) is 3.29. The first kappa shape index (κ1) is 14.4. The van der Waals surface area contributed by atoms with Gasteiger partial charge in [-0.05, 0) is 37.5 Å². The van der Waals surface area contributed by atoms with Crippen molar-refractivity contribution < 1.29 is 4.79 Å². The van der Waals surface area contributed by atoms with Crippen molar-refractivity contribution in [2.24, 2.45) is 5.73 Å². The predicted molar refractivity (Wildman–Crippen MR) is 81.1 cm³/mol. The summed E-state index contributed by atoms with van der Waals surface area (Å²) in [6, 6.07) is 9.28. The number of nitrogens with two attached hydrogens (primary N) is 1. The molecule has 0 radical (unpaired) electrons. The van der Waals surface area contributed by atoms with Gasteiger partial charge in [0, 0.05) is 11.3 Å². The summed E-state index contributed by atoms with van der Waals surface area (Å²) < 4.78 is 0. The summed E-state index contributed by atoms with van der Waals surface area (Å²) in [5.74, 6) is -0.0567. The molecule has 4 heteroatoms. The van der Waals surface area contributed by atoms with Gasteiger partial charge in [-0.25, -0.2) is 0 Å². The lowest BCUT2D eigenvalue weighted by molar-refractivity contribution is -0.123. The summed E-state index contributed by atoms with van der Waals surface area (Å²) in [4.78, 5) is 12.1. The van der Waals surface area contributed by atoms with Gasteiger partial charge in [-0.3, -0.25) is 4.79 Å². The quantitative estimate of drug-likeness (QED) is 0.889. The van der Waals surface area contributed by atoms with Crippen LogP contribution in [0.2, 0.25) is 0 Å². The van der Waals surface area contributed by atoms with Gasteiger partial charge in [0.05, 0.1) is 0 Å². The molecule has 1 aromatic rings. The van der Waals surface area contributed by atoms with E-state index in [0.717, 1.165) is 23.7 Å². The first-order valence-corrected chi connectivity index (χ1v) is 8.13. The number of hydrogen-bond donors (Lipinski definition) is 2. The first-order valence-electron chi connectivity index (χ1n) is 6.84. The van der Waals surface area contributed by atoms with Gasteiger partial charge in [-0.15, -0.1) is 0 Å². The van der Waals surface area contributed by atoms with E-state index >= 15 is 0 Å². The number of benzene rings is 1. The van der Waals surface area contributed by atoms with E-state index in [1.165, 1.54) is 12.8 Å². The number of carbonyl (C=O) groups is 1. The molecule has 1 amide bonds. The Balaban J connectivity index is 1.85. The van der Waals surface area contributed by atoms with E-state index in [9.17, 15) is 4.79 Å². The van der Waals surface area contributed by atoms with Crippen LogP contribution in [-0.4, -0.2) is 23.5 Å². The molecule has 3 nitrogen and oxygen atoms in total. The standard InChI is InChI=1S/C15H22N2OS/c1-19-13-9-7-12(8-10-13)17-15(18)14(16)11-5-3-2-4-6-11/h2-6,12-14H,7-10,16H2,1H3,(H,17,18)/t12?,13?,14-/m0/s1. The van der Waals surface area contributed by atoms with Gasteiger partial charge < -0.3 is 11.1 Å². The van der Waals surface area contributed by atoms with Crippen LogP contribution in [0.5, 0.6) is 0 Å². The van der Waals surface area contributed by atoms with Crippen LogP contribution < -0.4 is 11.1 Å². The summed E-state index contributed by atoms with van der Waals surface area (Å²) in [7, 11) is 0. The van der Waals surface area contributed by atoms with Crippen molar-refractivity contribution in [3.63, 3.8) is 0 Å². The predicted octanol–water partition coefficient (Wildman–Crippen LogP) is 2.48. The van der Waals surface area contributed by atoms with Gasteiger partial charge in [0.25, 0.3) is 0 Å². The van der Waals surface area contributed by atoms with Crippen LogP contribution >= 0.6 is 11.8 Å². The highest BCUT2D eigenvalue weighted by Crippen LogP contribution is 2.27. The molecule has 1 atom stereocenters. The smallest absolute Gasteiger partial charge is 0.241 e. The molecule has 1 fully saturated rings. The zero-order valence-electron chi connectivity index (χ0n) is 11.3. The minimum Gasteiger partial charge on any atom is -0.352 e. The van der Waals surface area contributed by atoms with Gasteiger partial charge in [0.1, 0.15) is 6.04 Å². The van der Waals surface area contributed by atoms with Crippen LogP contribution in [-0.2, 0) is 4.79 Å². The molecule has 0 unspecified atom stereocenters. The number of hydrogen-bond acceptors (Lipinski definition) is 3. The first-order chi connectivity index (χ1) is 9.20. The summed E-state index contributed by atoms with van der Waals surface area (Å²) in [5, 5.41) is 3.85. The highest BCUT2D eigenvalue weighted by atomic mass is 32.2. The molecule has 104 valence electrons. The minimum absolute atomic E-state index is 0.0567. The Hall–Kier alpha value is -1.00. The molecule has 1 saturated carbocycles. The van der Waals surface area contributed by atoms with Crippen LogP contribution in [0.1, 0.15) is 37.3 Å². The highest BCUT2D eigenvalue weighted by Gasteiger charge is 2.24. The topological polar surface area (TPSA) is 55.1 Å². The maximum atomic E-state index is 12.1. The summed E-state index contributed by atoms with van der Waals surface area (Å²) >= 11 is 1.93. The van der Waals surface area contributed by atoms with Crippen LogP contribution in [0, 0.1) is 0 Å². The van der Waals surface area contributed by atoms with E-state index in [1.54, 1.807) is 0 Å². The number of carbonyl (C=O) groups excluding carboxylic acids is 1. The van der Waals surface area contributed by atoms with Crippen molar-refractivity contribution in [3.05, 3.63) is 35.9 Å². The monoisotopic (exact) mass is 278 g/mol. The molecule has 19 heavy (non-hydrogen) atoms. The third-order valence-electron chi connectivity index (χ3n) is 3.80. The number of rotatable bonds is 4. The van der Waals surface area contributed by atoms with Gasteiger partial charge in [0.2, 0.25) is 5.91 Å². The van der Waals surface area contributed by atoms with E-state index < -0.39 is 6.04 Å². The Morgan fingerprint density at radius 3 is 2.47 bits per heavy atom. The maximum Gasteiger partial charge on any atom is 0.241 e. The van der Waals surface area contributed by atoms with Gasteiger partial charge >= 0.3 is 0 Å². The fourth-order valence-electron chi connectivity index (χ4n) is 2.55. The average Bonchev–Trinajstić information content (AvgIpc) is 2.48. The minimum atomic E-state index is -0.556. The van der Waals surface area contributed by atoms with Crippen LogP contribution in [0.4, 0.5) is 0 Å². The van der Waals surface area contributed by atoms with Crippen LogP contribution in [0.3, 0.4) is 0 Å². The molecular weight excluding hydrogens is 256 g/mol. The summed E-state index contributed by atoms with van der Waals surface area (Å²) in [6.07, 6.45) is 6.67. The molecule has 1 aromatic carbocycles. The van der Waals surface area contributed by atoms with Crippen molar-refractivity contribution in [2.45, 2.75) is 43.0 Å². The summed E-state index contributed by atoms with van der Waals surface area (Å²) in [6.45, 7) is 0. The summed E-state index contributed by atoms with van der Waals surface area (Å²) in [5.41, 5.74) is 6.87. The lowest BCUT2D eigenvalue weighted by atomic mass is 9.94. The number of thioether (sulfide) groups is 1. The van der Waals surface area contributed by atoms with E-state index in [2.05, 4.69) is 11.6 Å².